The lowest BCUT2D eigenvalue weighted by atomic mass is 9.89. The summed E-state index contributed by atoms with van der Waals surface area (Å²) in [5.74, 6) is -0.393. The molecule has 7 heteroatoms. The fourth-order valence-corrected chi connectivity index (χ4v) is 6.30. The first kappa shape index (κ1) is 35.6. The van der Waals surface area contributed by atoms with E-state index in [2.05, 4.69) is 0 Å². The number of carbonyl (C=O) groups excluding carboxylic acids is 2. The summed E-state index contributed by atoms with van der Waals surface area (Å²) in [7, 11) is 0. The van der Waals surface area contributed by atoms with Gasteiger partial charge in [-0.1, -0.05) is 97.1 Å². The number of hydrogen-bond donors (Lipinski definition) is 3. The molecule has 7 nitrogen and oxygen atoms in total. The average molecular weight is 637 g/mol. The van der Waals surface area contributed by atoms with Gasteiger partial charge in [0.2, 0.25) is 0 Å². The highest BCUT2D eigenvalue weighted by Crippen LogP contribution is 2.32. The molecule has 0 saturated carbocycles. The Morgan fingerprint density at radius 3 is 1.43 bits per heavy atom. The number of aliphatic hydroxyl groups is 3. The van der Waals surface area contributed by atoms with Gasteiger partial charge in [0, 0.05) is 24.2 Å². The second-order valence-corrected chi connectivity index (χ2v) is 12.9. The van der Waals surface area contributed by atoms with Gasteiger partial charge in [0.15, 0.2) is 0 Å². The zero-order valence-electron chi connectivity index (χ0n) is 28.0. The van der Waals surface area contributed by atoms with Crippen LogP contribution in [0.25, 0.3) is 0 Å². The maximum atomic E-state index is 14.0. The van der Waals surface area contributed by atoms with Crippen molar-refractivity contribution in [3.05, 3.63) is 143 Å². The van der Waals surface area contributed by atoms with Crippen LogP contribution in [0.15, 0.2) is 109 Å². The third-order valence-corrected chi connectivity index (χ3v) is 9.15. The van der Waals surface area contributed by atoms with Crippen LogP contribution in [0.1, 0.15) is 77.1 Å². The number of hydrogen-bond acceptors (Lipinski definition) is 5. The quantitative estimate of drug-likeness (QED) is 0.150. The van der Waals surface area contributed by atoms with Gasteiger partial charge >= 0.3 is 0 Å². The Morgan fingerprint density at radius 1 is 0.596 bits per heavy atom. The second kappa shape index (κ2) is 16.0. The molecule has 248 valence electrons. The van der Waals surface area contributed by atoms with Gasteiger partial charge in [0.1, 0.15) is 0 Å². The Bertz CT molecular complexity index is 1600. The van der Waals surface area contributed by atoms with Gasteiger partial charge in [0.05, 0.1) is 30.4 Å². The minimum atomic E-state index is -0.769. The normalized spacial score (nSPS) is 12.4. The molecule has 47 heavy (non-hydrogen) atoms. The number of aryl methyl sites for hydroxylation is 1. The van der Waals surface area contributed by atoms with Crippen LogP contribution in [0, 0.1) is 0 Å². The second-order valence-electron chi connectivity index (χ2n) is 12.9. The van der Waals surface area contributed by atoms with E-state index in [4.69, 9.17) is 0 Å². The summed E-state index contributed by atoms with van der Waals surface area (Å²) in [5, 5.41) is 31.0. The molecule has 0 aromatic heterocycles. The molecule has 2 amide bonds. The fraction of sp³-hybridized carbons (Fsp3) is 0.350. The molecule has 4 aromatic rings. The van der Waals surface area contributed by atoms with E-state index in [0.29, 0.717) is 24.0 Å². The van der Waals surface area contributed by atoms with Gasteiger partial charge in [-0.05, 0) is 81.3 Å². The Kier molecular flexibility index (Phi) is 12.1. The molecule has 0 bridgehead atoms. The molecule has 0 aliphatic carbocycles. The predicted molar refractivity (Wildman–Crippen MR) is 186 cm³/mol. The minimum absolute atomic E-state index is 0.163. The molecular weight excluding hydrogens is 588 g/mol. The lowest BCUT2D eigenvalue weighted by Crippen LogP contribution is -2.47. The monoisotopic (exact) mass is 636 g/mol. The molecule has 4 aromatic carbocycles. The molecule has 0 spiro atoms. The van der Waals surface area contributed by atoms with Crippen molar-refractivity contribution in [3.8, 4) is 0 Å². The summed E-state index contributed by atoms with van der Waals surface area (Å²) in [4.78, 5) is 31.4. The minimum Gasteiger partial charge on any atom is -0.395 e. The molecule has 0 aliphatic heterocycles. The van der Waals surface area contributed by atoms with E-state index in [9.17, 15) is 24.9 Å². The summed E-state index contributed by atoms with van der Waals surface area (Å²) in [6.45, 7) is 7.88. The van der Waals surface area contributed by atoms with E-state index in [1.54, 1.807) is 21.9 Å². The zero-order valence-corrected chi connectivity index (χ0v) is 28.0. The number of amides is 2. The smallest absolute Gasteiger partial charge is 0.254 e. The van der Waals surface area contributed by atoms with Crippen molar-refractivity contribution in [1.29, 1.82) is 0 Å². The van der Waals surface area contributed by atoms with Crippen molar-refractivity contribution in [3.63, 3.8) is 0 Å². The largest absolute Gasteiger partial charge is 0.395 e. The Hall–Kier alpha value is -4.30. The Balaban J connectivity index is 1.52. The van der Waals surface area contributed by atoms with Gasteiger partial charge in [-0.3, -0.25) is 9.59 Å². The maximum absolute atomic E-state index is 14.0. The lowest BCUT2D eigenvalue weighted by Gasteiger charge is -2.39. The van der Waals surface area contributed by atoms with Gasteiger partial charge in [-0.15, -0.1) is 0 Å². The molecule has 0 heterocycles. The summed E-state index contributed by atoms with van der Waals surface area (Å²) in [5.41, 5.74) is 3.14. The van der Waals surface area contributed by atoms with Gasteiger partial charge in [0.25, 0.3) is 11.8 Å². The summed E-state index contributed by atoms with van der Waals surface area (Å²) in [6, 6.07) is 34.2. The van der Waals surface area contributed by atoms with Crippen LogP contribution < -0.4 is 0 Å². The van der Waals surface area contributed by atoms with E-state index in [1.807, 2.05) is 125 Å². The van der Waals surface area contributed by atoms with Crippen LogP contribution in [0.4, 0.5) is 0 Å². The van der Waals surface area contributed by atoms with Gasteiger partial charge < -0.3 is 25.1 Å². The highest BCUT2D eigenvalue weighted by atomic mass is 16.3. The summed E-state index contributed by atoms with van der Waals surface area (Å²) >= 11 is 0. The standard InChI is InChI=1S/C40H48N2O5/c1-39(2,32-17-7-5-8-18-32)41(25-27-43)37(46)35-21-13-11-15-30(35)23-24-34(45)29-31-16-12-14-22-36(31)38(47)42(26-28-44)40(3,4)33-19-9-6-10-20-33/h5-22,34,43-45H,23-29H2,1-4H3. The number of benzene rings is 4. The number of carbonyl (C=O) groups is 2. The van der Waals surface area contributed by atoms with Crippen molar-refractivity contribution in [2.45, 2.75) is 64.1 Å². The SMILES string of the molecule is CC(C)(c1ccccc1)N(CCO)C(=O)c1ccccc1CCC(O)Cc1ccccc1C(=O)N(CCO)C(C)(C)c1ccccc1. The molecular formula is C40H48N2O5. The van der Waals surface area contributed by atoms with E-state index < -0.39 is 17.2 Å². The number of aliphatic hydroxyl groups excluding tert-OH is 3. The van der Waals surface area contributed by atoms with Crippen LogP contribution in [0.2, 0.25) is 0 Å². The Labute approximate surface area is 279 Å². The van der Waals surface area contributed by atoms with E-state index in [1.165, 1.54) is 0 Å². The molecule has 4 rings (SSSR count). The van der Waals surface area contributed by atoms with E-state index >= 15 is 0 Å². The topological polar surface area (TPSA) is 101 Å². The number of rotatable bonds is 15. The van der Waals surface area contributed by atoms with Crippen LogP contribution in [-0.2, 0) is 23.9 Å². The third-order valence-electron chi connectivity index (χ3n) is 9.15. The van der Waals surface area contributed by atoms with Crippen molar-refractivity contribution in [2.75, 3.05) is 26.3 Å². The first-order valence-corrected chi connectivity index (χ1v) is 16.3. The van der Waals surface area contributed by atoms with Crippen molar-refractivity contribution >= 4 is 11.8 Å². The molecule has 0 aliphatic rings. The molecule has 1 unspecified atom stereocenters. The van der Waals surface area contributed by atoms with Gasteiger partial charge in [-0.2, -0.15) is 0 Å². The highest BCUT2D eigenvalue weighted by molar-refractivity contribution is 5.97. The number of nitrogens with zero attached hydrogens (tertiary/aromatic N) is 2. The van der Waals surface area contributed by atoms with Crippen molar-refractivity contribution in [2.24, 2.45) is 0 Å². The van der Waals surface area contributed by atoms with Crippen LogP contribution >= 0.6 is 0 Å². The Morgan fingerprint density at radius 2 is 0.979 bits per heavy atom. The van der Waals surface area contributed by atoms with E-state index in [0.717, 1.165) is 22.3 Å². The first-order valence-electron chi connectivity index (χ1n) is 16.3. The highest BCUT2D eigenvalue weighted by Gasteiger charge is 2.35. The molecule has 1 atom stereocenters. The summed E-state index contributed by atoms with van der Waals surface area (Å²) in [6.07, 6.45) is 0.323. The fourth-order valence-electron chi connectivity index (χ4n) is 6.30. The molecule has 0 fully saturated rings. The van der Waals surface area contributed by atoms with Crippen LogP contribution in [0.3, 0.4) is 0 Å². The van der Waals surface area contributed by atoms with Crippen LogP contribution in [-0.4, -0.2) is 69.3 Å². The maximum Gasteiger partial charge on any atom is 0.254 e. The van der Waals surface area contributed by atoms with Crippen LogP contribution in [0.5, 0.6) is 0 Å². The third kappa shape index (κ3) is 8.35. The molecule has 3 N–H and O–H groups in total. The lowest BCUT2D eigenvalue weighted by molar-refractivity contribution is 0.0472. The molecule has 0 radical (unpaired) electrons. The molecule has 0 saturated heterocycles. The van der Waals surface area contributed by atoms with E-state index in [-0.39, 0.29) is 44.5 Å². The summed E-state index contributed by atoms with van der Waals surface area (Å²) < 4.78 is 0. The first-order chi connectivity index (χ1) is 22.5. The predicted octanol–water partition coefficient (Wildman–Crippen LogP) is 5.96. The zero-order chi connectivity index (χ0) is 34.0. The average Bonchev–Trinajstić information content (AvgIpc) is 3.09. The van der Waals surface area contributed by atoms with Crippen molar-refractivity contribution < 1.29 is 24.9 Å². The van der Waals surface area contributed by atoms with Gasteiger partial charge in [-0.25, -0.2) is 0 Å². The van der Waals surface area contributed by atoms with Crippen molar-refractivity contribution in [1.82, 2.24) is 9.80 Å².